The zero-order valence-corrected chi connectivity index (χ0v) is 18.5. The van der Waals surface area contributed by atoms with Crippen LogP contribution in [0.25, 0.3) is 0 Å². The lowest BCUT2D eigenvalue weighted by atomic mass is 9.54. The monoisotopic (exact) mass is 423 g/mol. The number of nitrogens with two attached hydrogens (primary N) is 1. The average molecular weight is 424 g/mol. The summed E-state index contributed by atoms with van der Waals surface area (Å²) < 4.78 is 39.5. The molecule has 6 nitrogen and oxygen atoms in total. The van der Waals surface area contributed by atoms with Crippen LogP contribution < -0.4 is 14.1 Å². The number of aryl methyl sites for hydroxylation is 1. The molecule has 2 saturated carbocycles. The summed E-state index contributed by atoms with van der Waals surface area (Å²) in [7, 11) is -2.56. The van der Waals surface area contributed by atoms with Crippen molar-refractivity contribution in [2.24, 2.45) is 22.4 Å². The fourth-order valence-corrected chi connectivity index (χ4v) is 7.19. The van der Waals surface area contributed by atoms with E-state index >= 15 is 0 Å². The number of rotatable bonds is 6. The molecule has 3 aliphatic carbocycles. The zero-order valence-electron chi connectivity index (χ0n) is 17.6. The van der Waals surface area contributed by atoms with E-state index in [1.165, 1.54) is 38.4 Å². The lowest BCUT2D eigenvalue weighted by molar-refractivity contribution is -0.0735. The molecule has 2 N–H and O–H groups in total. The van der Waals surface area contributed by atoms with E-state index < -0.39 is 10.3 Å². The van der Waals surface area contributed by atoms with Crippen molar-refractivity contribution in [2.45, 2.75) is 70.8 Å². The van der Waals surface area contributed by atoms with Crippen molar-refractivity contribution in [3.05, 3.63) is 23.3 Å². The summed E-state index contributed by atoms with van der Waals surface area (Å²) in [5.41, 5.74) is 2.77. The van der Waals surface area contributed by atoms with Crippen LogP contribution in [0.2, 0.25) is 0 Å². The molecule has 0 radical (unpaired) electrons. The van der Waals surface area contributed by atoms with Crippen LogP contribution in [0.4, 0.5) is 0 Å². The number of hydrogen-bond acceptors (Lipinski definition) is 5. The quantitative estimate of drug-likeness (QED) is 0.749. The molecular weight excluding hydrogens is 390 g/mol. The summed E-state index contributed by atoms with van der Waals surface area (Å²) >= 11 is 0. The molecule has 0 saturated heterocycles. The van der Waals surface area contributed by atoms with Crippen molar-refractivity contribution >= 4 is 10.3 Å². The Hall–Kier alpha value is -1.31. The van der Waals surface area contributed by atoms with Crippen molar-refractivity contribution < 1.29 is 22.1 Å². The Morgan fingerprint density at radius 3 is 2.59 bits per heavy atom. The van der Waals surface area contributed by atoms with Gasteiger partial charge in [-0.25, -0.2) is 0 Å². The Morgan fingerprint density at radius 1 is 1.14 bits per heavy atom. The van der Waals surface area contributed by atoms with Gasteiger partial charge in [-0.1, -0.05) is 6.92 Å². The molecule has 5 atom stereocenters. The first-order valence-electron chi connectivity index (χ1n) is 10.9. The van der Waals surface area contributed by atoms with Crippen LogP contribution in [0.1, 0.15) is 69.4 Å². The predicted octanol–water partition coefficient (Wildman–Crippen LogP) is 3.93. The smallest absolute Gasteiger partial charge is 0.380 e. The number of benzene rings is 1. The number of methoxy groups -OCH3 is 1. The molecule has 2 fully saturated rings. The number of ether oxygens (including phenoxy) is 2. The maximum atomic E-state index is 11.4. The van der Waals surface area contributed by atoms with Gasteiger partial charge in [-0.3, -0.25) is 0 Å². The Bertz CT molecular complexity index is 870. The lowest BCUT2D eigenvalue weighted by Gasteiger charge is -2.52. The van der Waals surface area contributed by atoms with Crippen molar-refractivity contribution in [3.63, 3.8) is 0 Å². The predicted molar refractivity (Wildman–Crippen MR) is 111 cm³/mol. The van der Waals surface area contributed by atoms with Gasteiger partial charge >= 0.3 is 10.3 Å². The van der Waals surface area contributed by atoms with Gasteiger partial charge in [0, 0.05) is 6.61 Å². The highest BCUT2D eigenvalue weighted by molar-refractivity contribution is 7.84. The maximum Gasteiger partial charge on any atom is 0.380 e. The molecule has 29 heavy (non-hydrogen) atoms. The highest BCUT2D eigenvalue weighted by Gasteiger charge is 2.56. The molecule has 0 aliphatic heterocycles. The van der Waals surface area contributed by atoms with Gasteiger partial charge in [0.05, 0.1) is 13.2 Å². The summed E-state index contributed by atoms with van der Waals surface area (Å²) in [6.45, 7) is 5.23. The first-order chi connectivity index (χ1) is 13.8. The summed E-state index contributed by atoms with van der Waals surface area (Å²) in [4.78, 5) is 0. The van der Waals surface area contributed by atoms with E-state index in [4.69, 9.17) is 18.8 Å². The third kappa shape index (κ3) is 3.55. The van der Waals surface area contributed by atoms with Gasteiger partial charge in [-0.15, -0.1) is 0 Å². The van der Waals surface area contributed by atoms with E-state index in [9.17, 15) is 8.42 Å². The van der Waals surface area contributed by atoms with Crippen LogP contribution in [0.15, 0.2) is 12.1 Å². The van der Waals surface area contributed by atoms with Crippen LogP contribution in [-0.4, -0.2) is 28.2 Å². The molecule has 0 bridgehead atoms. The number of hydrogen-bond donors (Lipinski definition) is 1. The van der Waals surface area contributed by atoms with Crippen LogP contribution in [0.3, 0.4) is 0 Å². The topological polar surface area (TPSA) is 87.9 Å². The van der Waals surface area contributed by atoms with Crippen LogP contribution in [0, 0.1) is 17.3 Å². The summed E-state index contributed by atoms with van der Waals surface area (Å²) in [6.07, 6.45) is 8.39. The van der Waals surface area contributed by atoms with Gasteiger partial charge in [0.2, 0.25) is 0 Å². The minimum Gasteiger partial charge on any atom is -0.493 e. The zero-order chi connectivity index (χ0) is 20.8. The fraction of sp³-hybridized carbons (Fsp3) is 0.727. The minimum atomic E-state index is -4.09. The average Bonchev–Trinajstić information content (AvgIpc) is 3.05. The molecule has 162 valence electrons. The molecule has 3 aliphatic rings. The molecular formula is C22H33NO5S. The third-order valence-corrected chi connectivity index (χ3v) is 8.29. The van der Waals surface area contributed by atoms with E-state index in [1.807, 2.05) is 12.1 Å². The van der Waals surface area contributed by atoms with Crippen molar-refractivity contribution in [3.8, 4) is 11.5 Å². The van der Waals surface area contributed by atoms with Crippen molar-refractivity contribution in [1.82, 2.24) is 0 Å². The molecule has 0 heterocycles. The number of fused-ring (bicyclic) bond motifs is 5. The Morgan fingerprint density at radius 2 is 1.93 bits per heavy atom. The fourth-order valence-electron chi connectivity index (χ4n) is 6.81. The second-order valence-corrected chi connectivity index (χ2v) is 9.99. The summed E-state index contributed by atoms with van der Waals surface area (Å²) in [6, 6.07) is 3.80. The lowest BCUT2D eigenvalue weighted by Crippen LogP contribution is -2.46. The van der Waals surface area contributed by atoms with Gasteiger partial charge in [0.15, 0.2) is 11.5 Å². The largest absolute Gasteiger partial charge is 0.493 e. The van der Waals surface area contributed by atoms with E-state index in [2.05, 4.69) is 13.8 Å². The molecule has 0 amide bonds. The molecule has 0 spiro atoms. The van der Waals surface area contributed by atoms with Crippen molar-refractivity contribution in [2.75, 3.05) is 13.7 Å². The first-order valence-corrected chi connectivity index (χ1v) is 12.3. The second-order valence-electron chi connectivity index (χ2n) is 8.84. The second kappa shape index (κ2) is 7.75. The SMILES string of the molecule is CCO[C@H]1CC[C@H]2[C@@H]3CCc4cc(OS(N)(=O)=O)c(OC)cc4[C@H]3CC[C@]12CC. The highest BCUT2D eigenvalue weighted by atomic mass is 32.2. The minimum absolute atomic E-state index is 0.184. The van der Waals surface area contributed by atoms with Gasteiger partial charge < -0.3 is 13.7 Å². The Kier molecular flexibility index (Phi) is 5.59. The van der Waals surface area contributed by atoms with Gasteiger partial charge in [0.1, 0.15) is 0 Å². The summed E-state index contributed by atoms with van der Waals surface area (Å²) in [5.74, 6) is 2.45. The van der Waals surface area contributed by atoms with E-state index in [0.717, 1.165) is 31.4 Å². The maximum absolute atomic E-state index is 11.4. The Labute approximate surface area is 174 Å². The molecule has 4 rings (SSSR count). The van der Waals surface area contributed by atoms with E-state index in [0.29, 0.717) is 35.0 Å². The third-order valence-electron chi connectivity index (χ3n) is 7.88. The van der Waals surface area contributed by atoms with Crippen LogP contribution in [0.5, 0.6) is 11.5 Å². The van der Waals surface area contributed by atoms with Crippen LogP contribution in [-0.2, 0) is 21.5 Å². The highest BCUT2D eigenvalue weighted by Crippen LogP contribution is 2.63. The molecule has 0 unspecified atom stereocenters. The van der Waals surface area contributed by atoms with E-state index in [1.54, 1.807) is 0 Å². The standard InChI is InChI=1S/C22H33NO5S/c1-4-22-11-10-15-16(18(22)8-9-21(22)27-5-2)7-6-14-12-20(28-29(23,24)25)19(26-3)13-17(14)15/h12-13,15-16,18,21H,4-11H2,1-3H3,(H2,23,24,25)/t15-,16+,18-,21-,22-/m0/s1. The molecule has 1 aromatic rings. The molecule has 1 aromatic carbocycles. The van der Waals surface area contributed by atoms with Gasteiger partial charge in [-0.2, -0.15) is 13.6 Å². The molecule has 7 heteroatoms. The normalized spacial score (nSPS) is 33.5. The first kappa shape index (κ1) is 20.9. The van der Waals surface area contributed by atoms with Crippen molar-refractivity contribution in [1.29, 1.82) is 0 Å². The Balaban J connectivity index is 1.67. The summed E-state index contributed by atoms with van der Waals surface area (Å²) in [5, 5.41) is 5.08. The van der Waals surface area contributed by atoms with Crippen LogP contribution >= 0.6 is 0 Å². The van der Waals surface area contributed by atoms with E-state index in [-0.39, 0.29) is 5.75 Å². The molecule has 0 aromatic heterocycles. The van der Waals surface area contributed by atoms with Gasteiger partial charge in [-0.05, 0) is 98.3 Å². The van der Waals surface area contributed by atoms with Gasteiger partial charge in [0.25, 0.3) is 0 Å².